The van der Waals surface area contributed by atoms with E-state index in [9.17, 15) is 4.79 Å². The van der Waals surface area contributed by atoms with E-state index in [0.29, 0.717) is 5.41 Å². The molecular weight excluding hydrogens is 284 g/mol. The summed E-state index contributed by atoms with van der Waals surface area (Å²) in [5, 5.41) is 0. The van der Waals surface area contributed by atoms with Crippen LogP contribution in [0.15, 0.2) is 0 Å². The molecule has 4 saturated carbocycles. The molecule has 4 fully saturated rings. The average molecular weight is 319 g/mol. The highest BCUT2D eigenvalue weighted by atomic mass is 16.5. The normalized spacial score (nSPS) is 52.2. The van der Waals surface area contributed by atoms with Gasteiger partial charge in [-0.2, -0.15) is 0 Å². The maximum absolute atomic E-state index is 11.7. The van der Waals surface area contributed by atoms with Gasteiger partial charge in [-0.15, -0.1) is 0 Å². The van der Waals surface area contributed by atoms with Crippen molar-refractivity contribution in [1.29, 1.82) is 0 Å². The molecule has 4 aliphatic rings. The van der Waals surface area contributed by atoms with Gasteiger partial charge in [0, 0.05) is 12.3 Å². The Hall–Kier alpha value is -0.530. The van der Waals surface area contributed by atoms with E-state index in [1.807, 2.05) is 0 Å². The second-order valence-corrected chi connectivity index (χ2v) is 9.63. The summed E-state index contributed by atoms with van der Waals surface area (Å²) >= 11 is 0. The van der Waals surface area contributed by atoms with Crippen LogP contribution in [0, 0.1) is 34.5 Å². The van der Waals surface area contributed by atoms with Crippen LogP contribution in [0.2, 0.25) is 0 Å². The fourth-order valence-corrected chi connectivity index (χ4v) is 7.61. The Balaban J connectivity index is 1.68. The first kappa shape index (κ1) is 16.0. The van der Waals surface area contributed by atoms with Crippen LogP contribution < -0.4 is 0 Å². The third-order valence-electron chi connectivity index (χ3n) is 8.77. The number of ether oxygens (including phenoxy) is 1. The fraction of sp³-hybridized carbons (Fsp3) is 0.952. The van der Waals surface area contributed by atoms with Crippen molar-refractivity contribution in [3.63, 3.8) is 0 Å². The molecule has 0 N–H and O–H groups in total. The van der Waals surface area contributed by atoms with Crippen LogP contribution in [0.25, 0.3) is 0 Å². The van der Waals surface area contributed by atoms with E-state index in [-0.39, 0.29) is 17.5 Å². The Morgan fingerprint density at radius 3 is 2.48 bits per heavy atom. The number of hydrogen-bond donors (Lipinski definition) is 0. The van der Waals surface area contributed by atoms with Crippen molar-refractivity contribution in [3.05, 3.63) is 0 Å². The van der Waals surface area contributed by atoms with Gasteiger partial charge in [0.1, 0.15) is 6.10 Å². The van der Waals surface area contributed by atoms with Crippen LogP contribution in [-0.2, 0) is 9.53 Å². The monoisotopic (exact) mass is 318 g/mol. The van der Waals surface area contributed by atoms with Gasteiger partial charge in [0.15, 0.2) is 0 Å². The largest absolute Gasteiger partial charge is 0.462 e. The van der Waals surface area contributed by atoms with Crippen molar-refractivity contribution >= 4 is 5.97 Å². The summed E-state index contributed by atoms with van der Waals surface area (Å²) in [4.78, 5) is 11.7. The van der Waals surface area contributed by atoms with E-state index < -0.39 is 0 Å². The molecule has 4 rings (SSSR count). The van der Waals surface area contributed by atoms with Gasteiger partial charge in [0.2, 0.25) is 0 Å². The zero-order valence-electron chi connectivity index (χ0n) is 15.3. The van der Waals surface area contributed by atoms with Crippen LogP contribution in [-0.4, -0.2) is 12.1 Å². The van der Waals surface area contributed by atoms with Gasteiger partial charge in [-0.3, -0.25) is 4.79 Å². The number of esters is 1. The molecule has 7 atom stereocenters. The Morgan fingerprint density at radius 2 is 1.70 bits per heavy atom. The number of fused-ring (bicyclic) bond motifs is 5. The minimum absolute atomic E-state index is 0.0681. The quantitative estimate of drug-likeness (QED) is 0.609. The minimum Gasteiger partial charge on any atom is -0.462 e. The first-order valence-electron chi connectivity index (χ1n) is 10.1. The Kier molecular flexibility index (Phi) is 3.81. The summed E-state index contributed by atoms with van der Waals surface area (Å²) in [5.41, 5.74) is 0.772. The molecule has 23 heavy (non-hydrogen) atoms. The fourth-order valence-electron chi connectivity index (χ4n) is 7.61. The molecular formula is C21H34O2. The van der Waals surface area contributed by atoms with Crippen molar-refractivity contribution in [1.82, 2.24) is 0 Å². The topological polar surface area (TPSA) is 26.3 Å². The molecule has 2 heteroatoms. The van der Waals surface area contributed by atoms with Gasteiger partial charge >= 0.3 is 5.97 Å². The number of hydrogen-bond acceptors (Lipinski definition) is 2. The minimum atomic E-state index is -0.0681. The standard InChI is InChI=1S/C21H34O2/c1-14(22)23-19-13-18-16(17-8-6-12-21(17,19)3)10-9-15-7-4-5-11-20(15,18)2/h15-19H,4-13H2,1-3H3/t15-,16?,17?,18?,19?,20?,21?/m1/s1. The van der Waals surface area contributed by atoms with Crippen LogP contribution in [0.3, 0.4) is 0 Å². The van der Waals surface area contributed by atoms with E-state index >= 15 is 0 Å². The predicted octanol–water partition coefficient (Wildman–Crippen LogP) is 5.35. The van der Waals surface area contributed by atoms with Gasteiger partial charge < -0.3 is 4.74 Å². The maximum Gasteiger partial charge on any atom is 0.302 e. The van der Waals surface area contributed by atoms with Gasteiger partial charge in [-0.05, 0) is 74.0 Å². The highest BCUT2D eigenvalue weighted by molar-refractivity contribution is 5.66. The third-order valence-corrected chi connectivity index (χ3v) is 8.77. The highest BCUT2D eigenvalue weighted by Gasteiger charge is 2.61. The summed E-state index contributed by atoms with van der Waals surface area (Å²) in [5.74, 6) is 3.35. The van der Waals surface area contributed by atoms with E-state index in [0.717, 1.165) is 30.1 Å². The Labute approximate surface area is 141 Å². The molecule has 0 radical (unpaired) electrons. The van der Waals surface area contributed by atoms with E-state index in [1.165, 1.54) is 57.8 Å². The molecule has 0 aromatic heterocycles. The van der Waals surface area contributed by atoms with Crippen LogP contribution >= 0.6 is 0 Å². The number of carbonyl (C=O) groups is 1. The summed E-state index contributed by atoms with van der Waals surface area (Å²) < 4.78 is 5.94. The van der Waals surface area contributed by atoms with Crippen LogP contribution in [0.4, 0.5) is 0 Å². The zero-order valence-corrected chi connectivity index (χ0v) is 15.3. The SMILES string of the molecule is CC(=O)OC1CC2C(CC[C@H]3CCCCC23C)C2CCCC12C. The molecule has 0 amide bonds. The van der Waals surface area contributed by atoms with E-state index in [4.69, 9.17) is 4.74 Å². The van der Waals surface area contributed by atoms with Crippen LogP contribution in [0.1, 0.15) is 85.0 Å². The zero-order chi connectivity index (χ0) is 16.2. The summed E-state index contributed by atoms with van der Waals surface area (Å²) in [6, 6.07) is 0. The highest BCUT2D eigenvalue weighted by Crippen LogP contribution is 2.66. The first-order valence-corrected chi connectivity index (χ1v) is 10.1. The lowest BCUT2D eigenvalue weighted by atomic mass is 9.45. The molecule has 0 aliphatic heterocycles. The maximum atomic E-state index is 11.7. The molecule has 0 bridgehead atoms. The summed E-state index contributed by atoms with van der Waals surface area (Å²) in [6.07, 6.45) is 13.9. The first-order chi connectivity index (χ1) is 10.9. The second-order valence-electron chi connectivity index (χ2n) is 9.63. The lowest BCUT2D eigenvalue weighted by Crippen LogP contribution is -2.57. The van der Waals surface area contributed by atoms with E-state index in [2.05, 4.69) is 13.8 Å². The second kappa shape index (κ2) is 5.49. The molecule has 6 unspecified atom stereocenters. The Morgan fingerprint density at radius 1 is 0.913 bits per heavy atom. The molecule has 0 aromatic carbocycles. The molecule has 4 aliphatic carbocycles. The summed E-state index contributed by atoms with van der Waals surface area (Å²) in [6.45, 7) is 6.63. The number of rotatable bonds is 1. The predicted molar refractivity (Wildman–Crippen MR) is 91.9 cm³/mol. The van der Waals surface area contributed by atoms with Gasteiger partial charge in [0.25, 0.3) is 0 Å². The lowest BCUT2D eigenvalue weighted by Gasteiger charge is -2.61. The average Bonchev–Trinajstić information content (AvgIpc) is 2.90. The molecule has 130 valence electrons. The van der Waals surface area contributed by atoms with Crippen molar-refractivity contribution in [2.45, 2.75) is 91.1 Å². The third kappa shape index (κ3) is 2.30. The Bertz CT molecular complexity index is 486. The molecule has 0 saturated heterocycles. The van der Waals surface area contributed by atoms with Crippen molar-refractivity contribution in [3.8, 4) is 0 Å². The van der Waals surface area contributed by atoms with Crippen molar-refractivity contribution < 1.29 is 9.53 Å². The lowest BCUT2D eigenvalue weighted by molar-refractivity contribution is -0.183. The molecule has 0 aromatic rings. The van der Waals surface area contributed by atoms with Gasteiger partial charge in [-0.25, -0.2) is 0 Å². The number of carbonyl (C=O) groups excluding carboxylic acids is 1. The molecule has 0 spiro atoms. The van der Waals surface area contributed by atoms with Crippen molar-refractivity contribution in [2.75, 3.05) is 0 Å². The van der Waals surface area contributed by atoms with Crippen LogP contribution in [0.5, 0.6) is 0 Å². The molecule has 2 nitrogen and oxygen atoms in total. The van der Waals surface area contributed by atoms with E-state index in [1.54, 1.807) is 6.92 Å². The van der Waals surface area contributed by atoms with Crippen molar-refractivity contribution in [2.24, 2.45) is 34.5 Å². The summed E-state index contributed by atoms with van der Waals surface area (Å²) in [7, 11) is 0. The smallest absolute Gasteiger partial charge is 0.302 e. The molecule has 0 heterocycles. The van der Waals surface area contributed by atoms with Gasteiger partial charge in [-0.1, -0.05) is 33.1 Å². The van der Waals surface area contributed by atoms with Gasteiger partial charge in [0.05, 0.1) is 0 Å².